The zero-order valence-corrected chi connectivity index (χ0v) is 11.7. The van der Waals surface area contributed by atoms with Crippen LogP contribution in [0.15, 0.2) is 34.1 Å². The quantitative estimate of drug-likeness (QED) is 0.669. The number of aryl methyl sites for hydroxylation is 1. The summed E-state index contributed by atoms with van der Waals surface area (Å²) in [5.41, 5.74) is 0.466. The van der Waals surface area contributed by atoms with E-state index in [9.17, 15) is 4.79 Å². The zero-order valence-electron chi connectivity index (χ0n) is 10.8. The number of hydrogen-bond acceptors (Lipinski definition) is 5. The molecule has 0 aliphatic carbocycles. The second-order valence-corrected chi connectivity index (χ2v) is 4.75. The standard InChI is InChI=1S/C13H15N3O2S/c1-9-3-4-11(18-9)5-6-14-12(17)10-7-15-13(19-2)16-8-10/h3-4,7-8H,5-6H2,1-2H3,(H,14,17). The van der Waals surface area contributed by atoms with Crippen LogP contribution in [0.4, 0.5) is 0 Å². The van der Waals surface area contributed by atoms with Crippen molar-refractivity contribution in [1.29, 1.82) is 0 Å². The lowest BCUT2D eigenvalue weighted by Crippen LogP contribution is -2.25. The van der Waals surface area contributed by atoms with Crippen LogP contribution < -0.4 is 5.32 Å². The molecule has 2 aromatic rings. The van der Waals surface area contributed by atoms with E-state index in [1.165, 1.54) is 24.2 Å². The van der Waals surface area contributed by atoms with Gasteiger partial charge in [0.2, 0.25) is 0 Å². The van der Waals surface area contributed by atoms with Gasteiger partial charge in [0.05, 0.1) is 5.56 Å². The molecule has 0 atom stereocenters. The average molecular weight is 277 g/mol. The minimum absolute atomic E-state index is 0.170. The van der Waals surface area contributed by atoms with Gasteiger partial charge in [0, 0.05) is 25.4 Å². The highest BCUT2D eigenvalue weighted by atomic mass is 32.2. The highest BCUT2D eigenvalue weighted by Crippen LogP contribution is 2.08. The van der Waals surface area contributed by atoms with Crippen molar-refractivity contribution in [3.05, 3.63) is 41.6 Å². The molecular weight excluding hydrogens is 262 g/mol. The fourth-order valence-corrected chi connectivity index (χ4v) is 1.88. The van der Waals surface area contributed by atoms with Crippen LogP contribution in [0.2, 0.25) is 0 Å². The van der Waals surface area contributed by atoms with Gasteiger partial charge in [-0.2, -0.15) is 0 Å². The van der Waals surface area contributed by atoms with Crippen LogP contribution in [-0.4, -0.2) is 28.7 Å². The SMILES string of the molecule is CSc1ncc(C(=O)NCCc2ccc(C)o2)cn1. The molecule has 2 aromatic heterocycles. The van der Waals surface area contributed by atoms with Gasteiger partial charge in [0.25, 0.3) is 5.91 Å². The minimum atomic E-state index is -0.170. The van der Waals surface area contributed by atoms with Crippen LogP contribution in [-0.2, 0) is 6.42 Å². The first-order valence-electron chi connectivity index (χ1n) is 5.88. The second-order valence-electron chi connectivity index (χ2n) is 3.98. The van der Waals surface area contributed by atoms with E-state index in [0.29, 0.717) is 23.7 Å². The first-order valence-corrected chi connectivity index (χ1v) is 7.11. The molecule has 0 radical (unpaired) electrons. The summed E-state index contributed by atoms with van der Waals surface area (Å²) in [6.07, 6.45) is 5.63. The Morgan fingerprint density at radius 2 is 2.11 bits per heavy atom. The summed E-state index contributed by atoms with van der Waals surface area (Å²) >= 11 is 1.44. The maximum Gasteiger partial charge on any atom is 0.254 e. The molecule has 0 unspecified atom stereocenters. The lowest BCUT2D eigenvalue weighted by Gasteiger charge is -2.03. The normalized spacial score (nSPS) is 10.4. The lowest BCUT2D eigenvalue weighted by atomic mass is 10.3. The third-order valence-electron chi connectivity index (χ3n) is 2.53. The maximum atomic E-state index is 11.8. The van der Waals surface area contributed by atoms with Gasteiger partial charge in [-0.3, -0.25) is 4.79 Å². The maximum absolute atomic E-state index is 11.8. The number of aromatic nitrogens is 2. The number of amides is 1. The van der Waals surface area contributed by atoms with Crippen molar-refractivity contribution in [2.45, 2.75) is 18.5 Å². The van der Waals surface area contributed by atoms with E-state index in [-0.39, 0.29) is 5.91 Å². The molecule has 1 amide bonds. The molecule has 100 valence electrons. The molecule has 0 spiro atoms. The molecule has 0 aliphatic rings. The minimum Gasteiger partial charge on any atom is -0.466 e. The van der Waals surface area contributed by atoms with E-state index < -0.39 is 0 Å². The van der Waals surface area contributed by atoms with E-state index in [0.717, 1.165) is 11.5 Å². The molecule has 2 heterocycles. The Labute approximate surface area is 115 Å². The summed E-state index contributed by atoms with van der Waals surface area (Å²) in [6.45, 7) is 2.42. The predicted octanol–water partition coefficient (Wildman–Crippen LogP) is 2.07. The van der Waals surface area contributed by atoms with Gasteiger partial charge in [0.1, 0.15) is 11.5 Å². The summed E-state index contributed by atoms with van der Waals surface area (Å²) in [7, 11) is 0. The summed E-state index contributed by atoms with van der Waals surface area (Å²) in [5, 5.41) is 3.46. The fourth-order valence-electron chi connectivity index (χ4n) is 1.56. The number of hydrogen-bond donors (Lipinski definition) is 1. The molecule has 2 rings (SSSR count). The van der Waals surface area contributed by atoms with Crippen LogP contribution in [0.1, 0.15) is 21.9 Å². The second kappa shape index (κ2) is 6.38. The van der Waals surface area contributed by atoms with Gasteiger partial charge in [-0.1, -0.05) is 11.8 Å². The Morgan fingerprint density at radius 1 is 1.37 bits per heavy atom. The Morgan fingerprint density at radius 3 is 2.68 bits per heavy atom. The van der Waals surface area contributed by atoms with Gasteiger partial charge >= 0.3 is 0 Å². The molecule has 6 heteroatoms. The molecule has 0 aromatic carbocycles. The number of furan rings is 1. The van der Waals surface area contributed by atoms with E-state index in [1.807, 2.05) is 25.3 Å². The van der Waals surface area contributed by atoms with Gasteiger partial charge in [-0.05, 0) is 25.3 Å². The van der Waals surface area contributed by atoms with Crippen molar-refractivity contribution in [2.24, 2.45) is 0 Å². The smallest absolute Gasteiger partial charge is 0.254 e. The van der Waals surface area contributed by atoms with E-state index in [1.54, 1.807) is 0 Å². The molecular formula is C13H15N3O2S. The molecule has 5 nitrogen and oxygen atoms in total. The predicted molar refractivity (Wildman–Crippen MR) is 73.3 cm³/mol. The molecule has 0 fully saturated rings. The molecule has 0 aliphatic heterocycles. The molecule has 19 heavy (non-hydrogen) atoms. The average Bonchev–Trinajstić information content (AvgIpc) is 2.84. The van der Waals surface area contributed by atoms with Crippen LogP contribution in [0.5, 0.6) is 0 Å². The third kappa shape index (κ3) is 3.82. The topological polar surface area (TPSA) is 68.0 Å². The molecule has 0 saturated carbocycles. The molecule has 1 N–H and O–H groups in total. The van der Waals surface area contributed by atoms with Gasteiger partial charge in [-0.25, -0.2) is 9.97 Å². The molecule has 0 bridgehead atoms. The van der Waals surface area contributed by atoms with Crippen LogP contribution in [0.25, 0.3) is 0 Å². The Kier molecular flexibility index (Phi) is 4.57. The van der Waals surface area contributed by atoms with Gasteiger partial charge in [-0.15, -0.1) is 0 Å². The van der Waals surface area contributed by atoms with Crippen molar-refractivity contribution < 1.29 is 9.21 Å². The highest BCUT2D eigenvalue weighted by molar-refractivity contribution is 7.98. The Hall–Kier alpha value is -1.82. The van der Waals surface area contributed by atoms with Crippen LogP contribution >= 0.6 is 11.8 Å². The lowest BCUT2D eigenvalue weighted by molar-refractivity contribution is 0.0952. The number of nitrogens with zero attached hydrogens (tertiary/aromatic N) is 2. The van der Waals surface area contributed by atoms with Crippen molar-refractivity contribution in [3.63, 3.8) is 0 Å². The first kappa shape index (κ1) is 13.6. The summed E-state index contributed by atoms with van der Waals surface area (Å²) < 4.78 is 5.42. The van der Waals surface area contributed by atoms with Crippen LogP contribution in [0.3, 0.4) is 0 Å². The van der Waals surface area contributed by atoms with Gasteiger partial charge < -0.3 is 9.73 Å². The number of nitrogens with one attached hydrogen (secondary N) is 1. The summed E-state index contributed by atoms with van der Waals surface area (Å²) in [5.74, 6) is 1.57. The summed E-state index contributed by atoms with van der Waals surface area (Å²) in [6, 6.07) is 3.82. The summed E-state index contributed by atoms with van der Waals surface area (Å²) in [4.78, 5) is 19.9. The van der Waals surface area contributed by atoms with Crippen molar-refractivity contribution in [3.8, 4) is 0 Å². The number of carbonyl (C=O) groups is 1. The number of rotatable bonds is 5. The molecule has 0 saturated heterocycles. The van der Waals surface area contributed by atoms with E-state index in [4.69, 9.17) is 4.42 Å². The highest BCUT2D eigenvalue weighted by Gasteiger charge is 2.07. The van der Waals surface area contributed by atoms with Crippen molar-refractivity contribution in [2.75, 3.05) is 12.8 Å². The third-order valence-corrected chi connectivity index (χ3v) is 3.10. The first-order chi connectivity index (χ1) is 9.19. The number of thioether (sulfide) groups is 1. The fraction of sp³-hybridized carbons (Fsp3) is 0.308. The zero-order chi connectivity index (χ0) is 13.7. The van der Waals surface area contributed by atoms with Gasteiger partial charge in [0.15, 0.2) is 5.16 Å². The monoisotopic (exact) mass is 277 g/mol. The largest absolute Gasteiger partial charge is 0.466 e. The van der Waals surface area contributed by atoms with E-state index in [2.05, 4.69) is 15.3 Å². The van der Waals surface area contributed by atoms with E-state index >= 15 is 0 Å². The Bertz CT molecular complexity index is 551. The number of carbonyl (C=O) groups excluding carboxylic acids is 1. The Balaban J connectivity index is 1.83. The van der Waals surface area contributed by atoms with Crippen molar-refractivity contribution in [1.82, 2.24) is 15.3 Å². The van der Waals surface area contributed by atoms with Crippen LogP contribution in [0, 0.1) is 6.92 Å². The van der Waals surface area contributed by atoms with Crippen molar-refractivity contribution >= 4 is 17.7 Å².